The number of fused-ring (bicyclic) bond motifs is 1. The topological polar surface area (TPSA) is 70.8 Å². The zero-order valence-electron chi connectivity index (χ0n) is 13.4. The summed E-state index contributed by atoms with van der Waals surface area (Å²) in [7, 11) is 0. The first-order chi connectivity index (χ1) is 11.2. The Bertz CT molecular complexity index is 654. The number of aliphatic hydroxyl groups is 2. The van der Waals surface area contributed by atoms with Crippen molar-refractivity contribution in [1.82, 2.24) is 14.7 Å². The van der Waals surface area contributed by atoms with Crippen LogP contribution in [0.4, 0.5) is 0 Å². The Morgan fingerprint density at radius 3 is 2.96 bits per heavy atom. The fourth-order valence-electron chi connectivity index (χ4n) is 2.84. The van der Waals surface area contributed by atoms with Gasteiger partial charge in [0.1, 0.15) is 12.4 Å². The molecule has 1 atom stereocenters. The van der Waals surface area contributed by atoms with Crippen LogP contribution in [0.15, 0.2) is 30.3 Å². The second kappa shape index (κ2) is 7.12. The van der Waals surface area contributed by atoms with E-state index < -0.39 is 6.10 Å². The fourth-order valence-corrected chi connectivity index (χ4v) is 2.84. The molecule has 0 bridgehead atoms. The molecule has 124 valence electrons. The molecule has 1 aromatic carbocycles. The molecule has 1 aliphatic rings. The maximum atomic E-state index is 9.65. The van der Waals surface area contributed by atoms with Crippen LogP contribution in [0.3, 0.4) is 0 Å². The molecule has 0 amide bonds. The molecular formula is C17H23N3O3. The van der Waals surface area contributed by atoms with Crippen LogP contribution in [0.5, 0.6) is 5.75 Å². The highest BCUT2D eigenvalue weighted by Gasteiger charge is 2.19. The molecule has 3 rings (SSSR count). The number of aromatic nitrogens is 2. The van der Waals surface area contributed by atoms with Crippen LogP contribution < -0.4 is 4.74 Å². The minimum absolute atomic E-state index is 0.0198. The summed E-state index contributed by atoms with van der Waals surface area (Å²) < 4.78 is 7.45. The van der Waals surface area contributed by atoms with Crippen LogP contribution in [-0.4, -0.2) is 44.7 Å². The zero-order chi connectivity index (χ0) is 16.2. The van der Waals surface area contributed by atoms with E-state index in [4.69, 9.17) is 9.84 Å². The van der Waals surface area contributed by atoms with Gasteiger partial charge in [-0.1, -0.05) is 12.1 Å². The van der Waals surface area contributed by atoms with Gasteiger partial charge in [0.2, 0.25) is 0 Å². The van der Waals surface area contributed by atoms with E-state index in [0.717, 1.165) is 43.3 Å². The molecule has 6 heteroatoms. The third-order valence-electron chi connectivity index (χ3n) is 3.99. The van der Waals surface area contributed by atoms with Crippen LogP contribution in [0.1, 0.15) is 30.0 Å². The summed E-state index contributed by atoms with van der Waals surface area (Å²) in [5.74, 6) is 0.787. The molecule has 2 aromatic rings. The highest BCUT2D eigenvalue weighted by atomic mass is 16.5. The number of benzene rings is 1. The minimum atomic E-state index is -0.526. The summed E-state index contributed by atoms with van der Waals surface area (Å²) >= 11 is 0. The van der Waals surface area contributed by atoms with Gasteiger partial charge in [-0.25, -0.2) is 0 Å². The molecule has 2 heterocycles. The summed E-state index contributed by atoms with van der Waals surface area (Å²) in [5, 5.41) is 22.9. The van der Waals surface area contributed by atoms with Gasteiger partial charge in [0.05, 0.1) is 30.6 Å². The Morgan fingerprint density at radius 1 is 1.30 bits per heavy atom. The average molecular weight is 317 g/mol. The van der Waals surface area contributed by atoms with E-state index in [2.05, 4.69) is 16.1 Å². The van der Waals surface area contributed by atoms with Gasteiger partial charge in [-0.2, -0.15) is 5.10 Å². The lowest BCUT2D eigenvalue weighted by Crippen LogP contribution is -2.33. The molecule has 6 nitrogen and oxygen atoms in total. The molecule has 0 aliphatic carbocycles. The van der Waals surface area contributed by atoms with Crippen LogP contribution in [0, 0.1) is 0 Å². The molecule has 0 radical (unpaired) electrons. The number of hydrogen-bond acceptors (Lipinski definition) is 5. The average Bonchev–Trinajstić information content (AvgIpc) is 2.97. The SMILES string of the molecule is C[C@@H](O)c1cc2n(n1)CCN(Cc1cccc(OCCO)c1)C2. The van der Waals surface area contributed by atoms with Gasteiger partial charge in [-0.3, -0.25) is 9.58 Å². The van der Waals surface area contributed by atoms with Crippen molar-refractivity contribution in [3.05, 3.63) is 47.3 Å². The molecule has 1 aliphatic heterocycles. The lowest BCUT2D eigenvalue weighted by atomic mass is 10.1. The van der Waals surface area contributed by atoms with Crippen molar-refractivity contribution in [2.24, 2.45) is 0 Å². The summed E-state index contributed by atoms with van der Waals surface area (Å²) in [5.41, 5.74) is 3.06. The van der Waals surface area contributed by atoms with Gasteiger partial charge in [0.25, 0.3) is 0 Å². The lowest BCUT2D eigenvalue weighted by molar-refractivity contribution is 0.189. The van der Waals surface area contributed by atoms with Crippen LogP contribution in [-0.2, 0) is 19.6 Å². The lowest BCUT2D eigenvalue weighted by Gasteiger charge is -2.27. The van der Waals surface area contributed by atoms with E-state index in [1.807, 2.05) is 28.9 Å². The van der Waals surface area contributed by atoms with Crippen LogP contribution >= 0.6 is 0 Å². The Labute approximate surface area is 135 Å². The van der Waals surface area contributed by atoms with E-state index in [1.54, 1.807) is 6.92 Å². The van der Waals surface area contributed by atoms with Gasteiger partial charge in [0.15, 0.2) is 0 Å². The van der Waals surface area contributed by atoms with E-state index in [9.17, 15) is 5.11 Å². The molecule has 23 heavy (non-hydrogen) atoms. The summed E-state index contributed by atoms with van der Waals surface area (Å²) in [6.07, 6.45) is -0.526. The first kappa shape index (κ1) is 16.0. The molecule has 2 N–H and O–H groups in total. The van der Waals surface area contributed by atoms with Crippen molar-refractivity contribution in [3.63, 3.8) is 0 Å². The zero-order valence-corrected chi connectivity index (χ0v) is 13.4. The van der Waals surface area contributed by atoms with Crippen molar-refractivity contribution in [2.45, 2.75) is 32.7 Å². The Kier molecular flexibility index (Phi) is 4.95. The van der Waals surface area contributed by atoms with Gasteiger partial charge in [0, 0.05) is 19.6 Å². The molecule has 0 unspecified atom stereocenters. The summed E-state index contributed by atoms with van der Waals surface area (Å²) in [4.78, 5) is 2.36. The van der Waals surface area contributed by atoms with Crippen LogP contribution in [0.25, 0.3) is 0 Å². The standard InChI is InChI=1S/C17H23N3O3/c1-13(22)17-10-15-12-19(5-6-20(15)18-17)11-14-3-2-4-16(9-14)23-8-7-21/h2-4,9-10,13,21-22H,5-8,11-12H2,1H3/t13-/m1/s1. The van der Waals surface area contributed by atoms with Crippen molar-refractivity contribution >= 4 is 0 Å². The monoisotopic (exact) mass is 317 g/mol. The number of aliphatic hydroxyl groups excluding tert-OH is 2. The predicted molar refractivity (Wildman–Crippen MR) is 86.0 cm³/mol. The predicted octanol–water partition coefficient (Wildman–Crippen LogP) is 1.32. The Hall–Kier alpha value is -1.89. The molecular weight excluding hydrogens is 294 g/mol. The number of rotatable bonds is 6. The molecule has 0 saturated carbocycles. The third-order valence-corrected chi connectivity index (χ3v) is 3.99. The fraction of sp³-hybridized carbons (Fsp3) is 0.471. The van der Waals surface area contributed by atoms with E-state index in [1.165, 1.54) is 5.56 Å². The Morgan fingerprint density at radius 2 is 2.17 bits per heavy atom. The molecule has 0 spiro atoms. The van der Waals surface area contributed by atoms with Gasteiger partial charge < -0.3 is 14.9 Å². The second-order valence-corrected chi connectivity index (χ2v) is 5.89. The third kappa shape index (κ3) is 3.90. The van der Waals surface area contributed by atoms with Crippen LogP contribution in [0.2, 0.25) is 0 Å². The summed E-state index contributed by atoms with van der Waals surface area (Å²) in [6.45, 7) is 5.50. The Balaban J connectivity index is 1.65. The molecule has 0 fully saturated rings. The largest absolute Gasteiger partial charge is 0.491 e. The number of nitrogens with zero attached hydrogens (tertiary/aromatic N) is 3. The number of ether oxygens (including phenoxy) is 1. The van der Waals surface area contributed by atoms with Gasteiger partial charge in [-0.15, -0.1) is 0 Å². The maximum absolute atomic E-state index is 9.65. The van der Waals surface area contributed by atoms with E-state index in [-0.39, 0.29) is 6.61 Å². The normalized spacial score (nSPS) is 16.1. The smallest absolute Gasteiger partial charge is 0.119 e. The maximum Gasteiger partial charge on any atom is 0.119 e. The van der Waals surface area contributed by atoms with Crippen molar-refractivity contribution < 1.29 is 14.9 Å². The number of hydrogen-bond donors (Lipinski definition) is 2. The molecule has 0 saturated heterocycles. The first-order valence-electron chi connectivity index (χ1n) is 7.95. The van der Waals surface area contributed by atoms with Gasteiger partial charge >= 0.3 is 0 Å². The highest BCUT2D eigenvalue weighted by molar-refractivity contribution is 5.28. The second-order valence-electron chi connectivity index (χ2n) is 5.89. The van der Waals surface area contributed by atoms with Crippen molar-refractivity contribution in [2.75, 3.05) is 19.8 Å². The highest BCUT2D eigenvalue weighted by Crippen LogP contribution is 2.20. The van der Waals surface area contributed by atoms with Gasteiger partial charge in [-0.05, 0) is 30.7 Å². The van der Waals surface area contributed by atoms with Crippen molar-refractivity contribution in [3.8, 4) is 5.75 Å². The quantitative estimate of drug-likeness (QED) is 0.841. The first-order valence-corrected chi connectivity index (χ1v) is 7.95. The molecule has 1 aromatic heterocycles. The van der Waals surface area contributed by atoms with E-state index in [0.29, 0.717) is 6.61 Å². The van der Waals surface area contributed by atoms with E-state index >= 15 is 0 Å². The van der Waals surface area contributed by atoms with Crippen molar-refractivity contribution in [1.29, 1.82) is 0 Å². The summed E-state index contributed by atoms with van der Waals surface area (Å²) in [6, 6.07) is 9.96. The minimum Gasteiger partial charge on any atom is -0.491 e.